The van der Waals surface area contributed by atoms with Crippen molar-refractivity contribution < 1.29 is 4.74 Å². The summed E-state index contributed by atoms with van der Waals surface area (Å²) in [7, 11) is 0. The number of nitrogens with one attached hydrogen (secondary N) is 1. The van der Waals surface area contributed by atoms with Gasteiger partial charge in [0, 0.05) is 0 Å². The third-order valence-electron chi connectivity index (χ3n) is 2.07. The summed E-state index contributed by atoms with van der Waals surface area (Å²) in [5, 5.41) is 3.08. The van der Waals surface area contributed by atoms with E-state index in [0.717, 1.165) is 5.75 Å². The van der Waals surface area contributed by atoms with Gasteiger partial charge in [0.05, 0.1) is 18.9 Å². The molecule has 0 spiro atoms. The fraction of sp³-hybridized carbons (Fsp3) is 0.167. The Balaban J connectivity index is 1.73. The van der Waals surface area contributed by atoms with Crippen molar-refractivity contribution >= 4 is 11.6 Å². The van der Waals surface area contributed by atoms with E-state index in [2.05, 4.69) is 15.3 Å². The fourth-order valence-corrected chi connectivity index (χ4v) is 1.33. The molecule has 2 rings (SSSR count). The molecule has 0 fully saturated rings. The van der Waals surface area contributed by atoms with Crippen LogP contribution in [0.3, 0.4) is 0 Å². The van der Waals surface area contributed by atoms with Gasteiger partial charge in [0.1, 0.15) is 24.0 Å². The van der Waals surface area contributed by atoms with Crippen LogP contribution in [0.25, 0.3) is 0 Å². The fourth-order valence-electron chi connectivity index (χ4n) is 1.33. The van der Waals surface area contributed by atoms with Gasteiger partial charge in [0.2, 0.25) is 0 Å². The summed E-state index contributed by atoms with van der Waals surface area (Å²) in [6.45, 7) is 1.20. The third-order valence-corrected chi connectivity index (χ3v) is 2.07. The Kier molecular flexibility index (Phi) is 3.75. The van der Waals surface area contributed by atoms with Crippen molar-refractivity contribution in [3.8, 4) is 5.75 Å². The monoisotopic (exact) mass is 230 g/mol. The minimum atomic E-state index is 0.402. The lowest BCUT2D eigenvalue weighted by Gasteiger charge is -2.07. The minimum Gasteiger partial charge on any atom is -0.492 e. The number of nitrogens with two attached hydrogens (primary N) is 1. The van der Waals surface area contributed by atoms with Crippen LogP contribution in [-0.2, 0) is 0 Å². The maximum absolute atomic E-state index is 5.52. The first-order valence-corrected chi connectivity index (χ1v) is 5.34. The molecule has 3 N–H and O–H groups in total. The van der Waals surface area contributed by atoms with Gasteiger partial charge in [-0.3, -0.25) is 4.98 Å². The van der Waals surface area contributed by atoms with Gasteiger partial charge in [-0.1, -0.05) is 18.2 Å². The van der Waals surface area contributed by atoms with Crippen LogP contribution < -0.4 is 15.8 Å². The molecule has 0 aliphatic heterocycles. The van der Waals surface area contributed by atoms with Crippen molar-refractivity contribution in [2.24, 2.45) is 0 Å². The van der Waals surface area contributed by atoms with Crippen LogP contribution in [0, 0.1) is 0 Å². The number of ether oxygens (including phenoxy) is 1. The molecule has 5 heteroatoms. The molecule has 2 aromatic rings. The van der Waals surface area contributed by atoms with E-state index in [1.807, 2.05) is 30.3 Å². The van der Waals surface area contributed by atoms with Gasteiger partial charge < -0.3 is 15.8 Å². The molecule has 1 heterocycles. The molecule has 1 aromatic carbocycles. The predicted molar refractivity (Wildman–Crippen MR) is 66.9 cm³/mol. The van der Waals surface area contributed by atoms with Crippen LogP contribution in [0.1, 0.15) is 0 Å². The average molecular weight is 230 g/mol. The lowest BCUT2D eigenvalue weighted by Crippen LogP contribution is -2.12. The molecule has 5 nitrogen and oxygen atoms in total. The highest BCUT2D eigenvalue weighted by Crippen LogP contribution is 2.08. The van der Waals surface area contributed by atoms with Gasteiger partial charge in [-0.25, -0.2) is 4.98 Å². The van der Waals surface area contributed by atoms with Gasteiger partial charge in [0.25, 0.3) is 0 Å². The van der Waals surface area contributed by atoms with Crippen molar-refractivity contribution in [2.75, 3.05) is 24.2 Å². The highest BCUT2D eigenvalue weighted by atomic mass is 16.5. The third kappa shape index (κ3) is 3.64. The summed E-state index contributed by atoms with van der Waals surface area (Å²) in [6, 6.07) is 9.66. The number of hydrogen-bond donors (Lipinski definition) is 2. The molecular formula is C12H14N4O. The number of aromatic nitrogens is 2. The molecule has 0 radical (unpaired) electrons. The summed E-state index contributed by atoms with van der Waals surface area (Å²) in [6.07, 6.45) is 3.13. The first kappa shape index (κ1) is 11.2. The Morgan fingerprint density at radius 3 is 2.76 bits per heavy atom. The Morgan fingerprint density at radius 2 is 2.00 bits per heavy atom. The lowest BCUT2D eigenvalue weighted by molar-refractivity contribution is 0.333. The highest BCUT2D eigenvalue weighted by Gasteiger charge is 1.95. The van der Waals surface area contributed by atoms with Crippen molar-refractivity contribution in [3.05, 3.63) is 42.7 Å². The molecule has 17 heavy (non-hydrogen) atoms. The minimum absolute atomic E-state index is 0.402. The van der Waals surface area contributed by atoms with Gasteiger partial charge in [-0.2, -0.15) is 0 Å². The Labute approximate surface area is 99.7 Å². The second kappa shape index (κ2) is 5.69. The second-order valence-corrected chi connectivity index (χ2v) is 3.42. The standard InChI is InChI=1S/C12H14N4O/c13-11-8-14-9-12(16-11)15-6-7-17-10-4-2-1-3-5-10/h1-5,8-9H,6-7H2,(H3,13,15,16). The Hall–Kier alpha value is -2.30. The van der Waals surface area contributed by atoms with E-state index in [1.165, 1.54) is 6.20 Å². The highest BCUT2D eigenvalue weighted by molar-refractivity contribution is 5.38. The zero-order valence-electron chi connectivity index (χ0n) is 9.34. The van der Waals surface area contributed by atoms with Crippen molar-refractivity contribution in [3.63, 3.8) is 0 Å². The summed E-state index contributed by atoms with van der Waals surface area (Å²) in [5.74, 6) is 1.91. The van der Waals surface area contributed by atoms with E-state index in [4.69, 9.17) is 10.5 Å². The van der Waals surface area contributed by atoms with Gasteiger partial charge >= 0.3 is 0 Å². The SMILES string of the molecule is Nc1cncc(NCCOc2ccccc2)n1. The number of nitrogen functional groups attached to an aromatic ring is 1. The largest absolute Gasteiger partial charge is 0.492 e. The molecular weight excluding hydrogens is 216 g/mol. The summed E-state index contributed by atoms with van der Waals surface area (Å²) in [4.78, 5) is 8.00. The van der Waals surface area contributed by atoms with Crippen molar-refractivity contribution in [1.82, 2.24) is 9.97 Å². The summed E-state index contributed by atoms with van der Waals surface area (Å²) < 4.78 is 5.52. The summed E-state index contributed by atoms with van der Waals surface area (Å²) in [5.41, 5.74) is 5.51. The summed E-state index contributed by atoms with van der Waals surface area (Å²) >= 11 is 0. The Bertz CT molecular complexity index is 461. The van der Waals surface area contributed by atoms with Crippen LogP contribution >= 0.6 is 0 Å². The van der Waals surface area contributed by atoms with E-state index in [9.17, 15) is 0 Å². The van der Waals surface area contributed by atoms with Crippen molar-refractivity contribution in [2.45, 2.75) is 0 Å². The molecule has 0 bridgehead atoms. The molecule has 0 atom stereocenters. The molecule has 0 unspecified atom stereocenters. The van der Waals surface area contributed by atoms with Crippen molar-refractivity contribution in [1.29, 1.82) is 0 Å². The first-order valence-electron chi connectivity index (χ1n) is 5.34. The van der Waals surface area contributed by atoms with E-state index < -0.39 is 0 Å². The van der Waals surface area contributed by atoms with Crippen LogP contribution in [0.2, 0.25) is 0 Å². The van der Waals surface area contributed by atoms with Crippen LogP contribution in [0.5, 0.6) is 5.75 Å². The number of rotatable bonds is 5. The van der Waals surface area contributed by atoms with Crippen LogP contribution in [0.4, 0.5) is 11.6 Å². The average Bonchev–Trinajstić information content (AvgIpc) is 2.36. The molecule has 88 valence electrons. The zero-order chi connectivity index (χ0) is 11.9. The van der Waals surface area contributed by atoms with Gasteiger partial charge in [-0.15, -0.1) is 0 Å². The maximum atomic E-state index is 5.52. The maximum Gasteiger partial charge on any atom is 0.147 e. The van der Waals surface area contributed by atoms with E-state index >= 15 is 0 Å². The second-order valence-electron chi connectivity index (χ2n) is 3.42. The first-order chi connectivity index (χ1) is 8.34. The van der Waals surface area contributed by atoms with Crippen LogP contribution in [0.15, 0.2) is 42.7 Å². The Morgan fingerprint density at radius 1 is 1.18 bits per heavy atom. The molecule has 0 saturated carbocycles. The van der Waals surface area contributed by atoms with Gasteiger partial charge in [0.15, 0.2) is 0 Å². The molecule has 0 saturated heterocycles. The number of hydrogen-bond acceptors (Lipinski definition) is 5. The van der Waals surface area contributed by atoms with Gasteiger partial charge in [-0.05, 0) is 12.1 Å². The molecule has 0 amide bonds. The lowest BCUT2D eigenvalue weighted by atomic mass is 10.3. The van der Waals surface area contributed by atoms with E-state index in [0.29, 0.717) is 24.8 Å². The zero-order valence-corrected chi connectivity index (χ0v) is 9.34. The van der Waals surface area contributed by atoms with Crippen LogP contribution in [-0.4, -0.2) is 23.1 Å². The van der Waals surface area contributed by atoms with E-state index in [-0.39, 0.29) is 0 Å². The predicted octanol–water partition coefficient (Wildman–Crippen LogP) is 1.55. The number of benzene rings is 1. The quantitative estimate of drug-likeness (QED) is 0.762. The number of anilines is 2. The molecule has 0 aliphatic carbocycles. The van der Waals surface area contributed by atoms with E-state index in [1.54, 1.807) is 6.20 Å². The number of nitrogens with zero attached hydrogens (tertiary/aromatic N) is 2. The number of para-hydroxylation sites is 1. The smallest absolute Gasteiger partial charge is 0.147 e. The molecule has 1 aromatic heterocycles. The molecule has 0 aliphatic rings. The normalized spacial score (nSPS) is 9.88. The topological polar surface area (TPSA) is 73.1 Å².